The zero-order chi connectivity index (χ0) is 25.6. The minimum atomic E-state index is -1.35. The fraction of sp³-hybridized carbons (Fsp3) is 0.478. The highest BCUT2D eigenvalue weighted by molar-refractivity contribution is 7.83. The Bertz CT molecular complexity index is 989. The number of nitrogen functional groups attached to an aromatic ring is 1. The summed E-state index contributed by atoms with van der Waals surface area (Å²) in [5.74, 6) is -0.243. The van der Waals surface area contributed by atoms with Gasteiger partial charge in [0.25, 0.3) is 0 Å². The summed E-state index contributed by atoms with van der Waals surface area (Å²) in [4.78, 5) is 32.7. The van der Waals surface area contributed by atoms with Crippen molar-refractivity contribution in [2.45, 2.75) is 50.3 Å². The van der Waals surface area contributed by atoms with E-state index < -0.39 is 17.0 Å². The van der Waals surface area contributed by atoms with E-state index in [-0.39, 0.29) is 18.2 Å². The first-order valence-corrected chi connectivity index (χ1v) is 12.7. The minimum absolute atomic E-state index is 0.0661. The molecule has 0 aliphatic carbocycles. The van der Waals surface area contributed by atoms with Gasteiger partial charge in [-0.15, -0.1) is 0 Å². The van der Waals surface area contributed by atoms with Crippen molar-refractivity contribution in [3.05, 3.63) is 29.8 Å². The Hall–Kier alpha value is -3.25. The number of carboxylic acids is 1. The first-order valence-electron chi connectivity index (χ1n) is 11.5. The second-order valence-electron chi connectivity index (χ2n) is 7.88. The molecule has 2 rings (SSSR count). The third-order valence-corrected chi connectivity index (χ3v) is 6.28. The summed E-state index contributed by atoms with van der Waals surface area (Å²) in [6, 6.07) is 7.25. The average Bonchev–Trinajstić information content (AvgIpc) is 2.84. The number of carboxylic acid groups (broad SMARTS) is 1. The van der Waals surface area contributed by atoms with Crippen LogP contribution in [0.3, 0.4) is 0 Å². The number of hydrogen-bond donors (Lipinski definition) is 4. The number of carbonyl (C=O) groups is 2. The fourth-order valence-corrected chi connectivity index (χ4v) is 4.03. The van der Waals surface area contributed by atoms with Gasteiger partial charge in [-0.1, -0.05) is 25.5 Å². The van der Waals surface area contributed by atoms with Crippen molar-refractivity contribution in [3.63, 3.8) is 0 Å². The SMILES string of the molecule is CCCCOc1nc(N)c(NC=O)c(N(C)CCCCNS(=O)c2ccc(CCC(=O)O)cc2)n1. The van der Waals surface area contributed by atoms with Crippen LogP contribution in [0.4, 0.5) is 17.3 Å². The van der Waals surface area contributed by atoms with Crippen LogP contribution < -0.4 is 25.4 Å². The molecule has 11 nitrogen and oxygen atoms in total. The molecule has 1 aromatic carbocycles. The largest absolute Gasteiger partial charge is 0.481 e. The Morgan fingerprint density at radius 2 is 1.97 bits per heavy atom. The van der Waals surface area contributed by atoms with Crippen LogP contribution in [0.25, 0.3) is 0 Å². The van der Waals surface area contributed by atoms with E-state index in [1.54, 1.807) is 24.3 Å². The van der Waals surface area contributed by atoms with Crippen molar-refractivity contribution in [3.8, 4) is 6.01 Å². The third kappa shape index (κ3) is 9.49. The molecule has 2 aromatic rings. The number of nitrogens with one attached hydrogen (secondary N) is 2. The Morgan fingerprint density at radius 3 is 2.63 bits per heavy atom. The summed E-state index contributed by atoms with van der Waals surface area (Å²) < 4.78 is 21.0. The van der Waals surface area contributed by atoms with Crippen LogP contribution in [-0.4, -0.2) is 58.4 Å². The lowest BCUT2D eigenvalue weighted by atomic mass is 10.1. The fourth-order valence-electron chi connectivity index (χ4n) is 3.15. The van der Waals surface area contributed by atoms with Gasteiger partial charge in [0.15, 0.2) is 11.6 Å². The zero-order valence-corrected chi connectivity index (χ0v) is 21.0. The molecule has 0 fully saturated rings. The summed E-state index contributed by atoms with van der Waals surface area (Å²) in [6.45, 7) is 3.69. The molecule has 0 bridgehead atoms. The topological polar surface area (TPSA) is 160 Å². The summed E-state index contributed by atoms with van der Waals surface area (Å²) >= 11 is 0. The van der Waals surface area contributed by atoms with Gasteiger partial charge in [0.1, 0.15) is 16.7 Å². The van der Waals surface area contributed by atoms with Gasteiger partial charge < -0.3 is 25.8 Å². The number of anilines is 3. The molecule has 1 atom stereocenters. The molecule has 1 amide bonds. The van der Waals surface area contributed by atoms with Crippen LogP contribution in [-0.2, 0) is 27.0 Å². The quantitative estimate of drug-likeness (QED) is 0.186. The van der Waals surface area contributed by atoms with Crippen LogP contribution in [0.1, 0.15) is 44.6 Å². The third-order valence-electron chi connectivity index (χ3n) is 5.11. The molecule has 0 spiro atoms. The van der Waals surface area contributed by atoms with Crippen molar-refractivity contribution in [1.82, 2.24) is 14.7 Å². The summed E-state index contributed by atoms with van der Waals surface area (Å²) in [7, 11) is 0.485. The number of aliphatic carboxylic acids is 1. The van der Waals surface area contributed by atoms with E-state index in [0.717, 1.165) is 31.2 Å². The van der Waals surface area contributed by atoms with Crippen LogP contribution in [0.15, 0.2) is 29.2 Å². The summed E-state index contributed by atoms with van der Waals surface area (Å²) in [6.07, 6.45) is 4.40. The number of aryl methyl sites for hydroxylation is 1. The molecule has 0 radical (unpaired) electrons. The number of ether oxygens (including phenoxy) is 1. The van der Waals surface area contributed by atoms with Gasteiger partial charge in [0, 0.05) is 26.6 Å². The van der Waals surface area contributed by atoms with E-state index in [2.05, 4.69) is 26.9 Å². The Balaban J connectivity index is 1.84. The normalized spacial score (nSPS) is 11.6. The van der Waals surface area contributed by atoms with Crippen LogP contribution in [0.2, 0.25) is 0 Å². The van der Waals surface area contributed by atoms with Gasteiger partial charge >= 0.3 is 12.0 Å². The van der Waals surface area contributed by atoms with E-state index in [0.29, 0.717) is 48.9 Å². The number of hydrogen-bond acceptors (Lipinski definition) is 8. The maximum absolute atomic E-state index is 12.4. The molecule has 192 valence electrons. The zero-order valence-electron chi connectivity index (χ0n) is 20.2. The number of unbranched alkanes of at least 4 members (excludes halogenated alkanes) is 2. The lowest BCUT2D eigenvalue weighted by Gasteiger charge is -2.22. The van der Waals surface area contributed by atoms with E-state index in [1.165, 1.54) is 0 Å². The molecule has 0 saturated carbocycles. The Morgan fingerprint density at radius 1 is 1.23 bits per heavy atom. The van der Waals surface area contributed by atoms with E-state index in [4.69, 9.17) is 15.6 Å². The van der Waals surface area contributed by atoms with Gasteiger partial charge in [-0.25, -0.2) is 8.93 Å². The van der Waals surface area contributed by atoms with E-state index in [9.17, 15) is 13.8 Å². The number of amides is 1. The Labute approximate surface area is 208 Å². The predicted octanol–water partition coefficient (Wildman–Crippen LogP) is 2.35. The van der Waals surface area contributed by atoms with Crippen molar-refractivity contribution in [1.29, 1.82) is 0 Å². The lowest BCUT2D eigenvalue weighted by molar-refractivity contribution is -0.137. The van der Waals surface area contributed by atoms with Crippen molar-refractivity contribution in [2.75, 3.05) is 42.7 Å². The van der Waals surface area contributed by atoms with Gasteiger partial charge in [0.05, 0.1) is 11.5 Å². The lowest BCUT2D eigenvalue weighted by Crippen LogP contribution is -2.24. The molecule has 1 heterocycles. The number of rotatable bonds is 17. The summed E-state index contributed by atoms with van der Waals surface area (Å²) in [5, 5.41) is 11.3. The van der Waals surface area contributed by atoms with Crippen molar-refractivity contribution in [2.24, 2.45) is 0 Å². The number of aromatic nitrogens is 2. The second kappa shape index (κ2) is 14.9. The van der Waals surface area contributed by atoms with Crippen molar-refractivity contribution >= 4 is 40.7 Å². The maximum Gasteiger partial charge on any atom is 0.320 e. The number of nitrogens with zero attached hydrogens (tertiary/aromatic N) is 3. The molecule has 0 aliphatic heterocycles. The average molecular weight is 507 g/mol. The monoisotopic (exact) mass is 506 g/mol. The molecule has 0 saturated heterocycles. The smallest absolute Gasteiger partial charge is 0.320 e. The highest BCUT2D eigenvalue weighted by atomic mass is 32.2. The number of carbonyl (C=O) groups excluding carboxylic acids is 1. The number of benzene rings is 1. The van der Waals surface area contributed by atoms with Crippen LogP contribution >= 0.6 is 0 Å². The molecule has 1 aromatic heterocycles. The Kier molecular flexibility index (Phi) is 11.9. The van der Waals surface area contributed by atoms with Gasteiger partial charge in [-0.05, 0) is 43.4 Å². The number of nitrogens with two attached hydrogens (primary N) is 1. The van der Waals surface area contributed by atoms with Gasteiger partial charge in [-0.2, -0.15) is 9.97 Å². The second-order valence-corrected chi connectivity index (χ2v) is 9.18. The highest BCUT2D eigenvalue weighted by Crippen LogP contribution is 2.29. The standard InChI is InChI=1S/C23H34N6O5S/c1-3-4-15-34-23-27-21(24)20(25-16-30)22(28-23)29(2)14-6-5-13-26-35(33)18-10-7-17(8-11-18)9-12-19(31)32/h7-8,10-11,16,26H,3-6,9,12-15H2,1-2H3,(H,25,30)(H,31,32)(H2,24,27,28). The highest BCUT2D eigenvalue weighted by Gasteiger charge is 2.17. The summed E-state index contributed by atoms with van der Waals surface area (Å²) in [5.41, 5.74) is 7.23. The van der Waals surface area contributed by atoms with Crippen molar-refractivity contribution < 1.29 is 23.6 Å². The van der Waals surface area contributed by atoms with Gasteiger partial charge in [0.2, 0.25) is 6.41 Å². The first kappa shape index (κ1) is 28.0. The molecule has 35 heavy (non-hydrogen) atoms. The molecule has 12 heteroatoms. The van der Waals surface area contributed by atoms with Crippen LogP contribution in [0.5, 0.6) is 6.01 Å². The molecule has 0 aliphatic rings. The molecular weight excluding hydrogens is 472 g/mol. The van der Waals surface area contributed by atoms with Crippen LogP contribution in [0, 0.1) is 0 Å². The minimum Gasteiger partial charge on any atom is -0.481 e. The predicted molar refractivity (Wildman–Crippen MR) is 136 cm³/mol. The molecule has 1 unspecified atom stereocenters. The first-order chi connectivity index (χ1) is 16.8. The van der Waals surface area contributed by atoms with Gasteiger partial charge in [-0.3, -0.25) is 9.59 Å². The van der Waals surface area contributed by atoms with E-state index in [1.807, 2.05) is 11.9 Å². The maximum atomic E-state index is 12.4. The molecule has 5 N–H and O–H groups in total. The van der Waals surface area contributed by atoms with E-state index >= 15 is 0 Å². The molecular formula is C23H34N6O5S.